The number of fused-ring (bicyclic) bond motifs is 8. The first-order valence-electron chi connectivity index (χ1n) is 21.0. The van der Waals surface area contributed by atoms with Crippen molar-refractivity contribution in [2.75, 3.05) is 0 Å². The maximum absolute atomic E-state index is 5.11. The molecule has 2 nitrogen and oxygen atoms in total. The van der Waals surface area contributed by atoms with Crippen LogP contribution in [-0.2, 0) is 10.8 Å². The van der Waals surface area contributed by atoms with E-state index in [4.69, 9.17) is 4.99 Å². The number of nitrogens with zero attached hydrogens (tertiary/aromatic N) is 1. The Labute approximate surface area is 337 Å². The number of hydrogen-bond donors (Lipinski definition) is 1. The Balaban J connectivity index is 0.911. The van der Waals surface area contributed by atoms with Crippen LogP contribution in [0.3, 0.4) is 0 Å². The first-order valence-corrected chi connectivity index (χ1v) is 21.0. The Morgan fingerprint density at radius 2 is 1.19 bits per heavy atom. The molecule has 11 rings (SSSR count). The van der Waals surface area contributed by atoms with Gasteiger partial charge in [-0.05, 0) is 97.2 Å². The summed E-state index contributed by atoms with van der Waals surface area (Å²) in [7, 11) is 0. The van der Waals surface area contributed by atoms with Crippen molar-refractivity contribution in [3.63, 3.8) is 0 Å². The summed E-state index contributed by atoms with van der Waals surface area (Å²) in [4.78, 5) is 5.11. The lowest BCUT2D eigenvalue weighted by atomic mass is 9.62. The third-order valence-electron chi connectivity index (χ3n) is 14.0. The van der Waals surface area contributed by atoms with Crippen molar-refractivity contribution in [3.8, 4) is 22.3 Å². The van der Waals surface area contributed by atoms with Crippen LogP contribution in [0.25, 0.3) is 33.5 Å². The topological polar surface area (TPSA) is 24.4 Å². The molecule has 5 aliphatic rings. The number of rotatable bonds is 5. The minimum absolute atomic E-state index is 0.0431. The van der Waals surface area contributed by atoms with Crippen molar-refractivity contribution < 1.29 is 0 Å². The summed E-state index contributed by atoms with van der Waals surface area (Å²) in [6, 6.07) is 55.7. The zero-order valence-electron chi connectivity index (χ0n) is 32.9. The van der Waals surface area contributed by atoms with E-state index in [2.05, 4.69) is 189 Å². The lowest BCUT2D eigenvalue weighted by Crippen LogP contribution is -2.35. The molecule has 0 amide bonds. The normalized spacial score (nSPS) is 22.2. The second kappa shape index (κ2) is 13.3. The lowest BCUT2D eigenvalue weighted by molar-refractivity contribution is 0.233. The summed E-state index contributed by atoms with van der Waals surface area (Å²) in [5, 5.41) is 3.72. The van der Waals surface area contributed by atoms with Crippen LogP contribution in [0.5, 0.6) is 0 Å². The van der Waals surface area contributed by atoms with E-state index in [-0.39, 0.29) is 17.0 Å². The average molecular weight is 737 g/mol. The predicted molar refractivity (Wildman–Crippen MR) is 237 cm³/mol. The van der Waals surface area contributed by atoms with Gasteiger partial charge in [0.2, 0.25) is 0 Å². The van der Waals surface area contributed by atoms with Crippen molar-refractivity contribution in [2.24, 2.45) is 10.9 Å². The SMILES string of the molecule is CC1(C)C2=CC3c4ccccc4C4(CCCCC4)C3C=C2c2c(-c3ccc(-c4ccc(C5=CC(c6ccccc6)=NC(c6ccccc6)N5)cc4)cc3)cccc21. The van der Waals surface area contributed by atoms with Gasteiger partial charge in [-0.15, -0.1) is 0 Å². The summed E-state index contributed by atoms with van der Waals surface area (Å²) in [6.07, 6.45) is 14.2. The fourth-order valence-electron chi connectivity index (χ4n) is 11.2. The highest BCUT2D eigenvalue weighted by Gasteiger charge is 2.54. The van der Waals surface area contributed by atoms with Gasteiger partial charge in [-0.1, -0.05) is 197 Å². The molecule has 0 aromatic heterocycles. The molecular weight excluding hydrogens is 689 g/mol. The maximum atomic E-state index is 5.11. The van der Waals surface area contributed by atoms with Crippen LogP contribution in [0.4, 0.5) is 0 Å². The molecule has 278 valence electrons. The molecule has 0 bridgehead atoms. The van der Waals surface area contributed by atoms with Crippen LogP contribution in [0.1, 0.15) is 97.0 Å². The molecule has 1 aliphatic heterocycles. The van der Waals surface area contributed by atoms with Crippen molar-refractivity contribution in [2.45, 2.75) is 68.9 Å². The van der Waals surface area contributed by atoms with Crippen LogP contribution in [0, 0.1) is 5.92 Å². The van der Waals surface area contributed by atoms with Crippen LogP contribution < -0.4 is 5.32 Å². The quantitative estimate of drug-likeness (QED) is 0.187. The summed E-state index contributed by atoms with van der Waals surface area (Å²) in [6.45, 7) is 4.89. The van der Waals surface area contributed by atoms with Crippen molar-refractivity contribution in [3.05, 3.63) is 214 Å². The molecule has 57 heavy (non-hydrogen) atoms. The molecular formula is C55H48N2. The molecule has 1 N–H and O–H groups in total. The molecule has 0 saturated heterocycles. The molecule has 3 unspecified atom stereocenters. The molecule has 6 aromatic carbocycles. The number of aliphatic imine (C=N–C) groups is 1. The zero-order valence-corrected chi connectivity index (χ0v) is 32.9. The molecule has 2 heteroatoms. The predicted octanol–water partition coefficient (Wildman–Crippen LogP) is 13.4. The minimum Gasteiger partial charge on any atom is -0.360 e. The van der Waals surface area contributed by atoms with Gasteiger partial charge in [0.25, 0.3) is 0 Å². The van der Waals surface area contributed by atoms with Gasteiger partial charge in [-0.3, -0.25) is 4.99 Å². The number of allylic oxidation sites excluding steroid dienone is 5. The number of nitrogens with one attached hydrogen (secondary N) is 1. The van der Waals surface area contributed by atoms with Gasteiger partial charge in [0.15, 0.2) is 0 Å². The van der Waals surface area contributed by atoms with Crippen LogP contribution >= 0.6 is 0 Å². The van der Waals surface area contributed by atoms with Crippen molar-refractivity contribution >= 4 is 17.0 Å². The molecule has 0 radical (unpaired) electrons. The second-order valence-electron chi connectivity index (χ2n) is 17.4. The van der Waals surface area contributed by atoms with Crippen LogP contribution in [0.15, 0.2) is 180 Å². The zero-order chi connectivity index (χ0) is 38.1. The standard InChI is InChI=1S/C55H48N2/c1-54(2)47-22-14-20-42(52(47)45-34-49-44(33-48(45)54)43-19-10-11-21-46(43)55(49)31-12-5-13-32-55)38-27-23-36(24-28-38)37-25-29-40(30-26-37)51-35-50(39-15-6-3-7-16-39)56-53(57-51)41-17-8-4-9-18-41/h3-4,6-11,14-30,33-35,44,49,53,57H,5,12-13,31-32H2,1-2H3. The highest BCUT2D eigenvalue weighted by molar-refractivity contribution is 6.13. The van der Waals surface area contributed by atoms with E-state index in [9.17, 15) is 0 Å². The lowest BCUT2D eigenvalue weighted by Gasteiger charge is -2.42. The van der Waals surface area contributed by atoms with Crippen LogP contribution in [-0.4, -0.2) is 5.71 Å². The maximum Gasteiger partial charge on any atom is 0.145 e. The average Bonchev–Trinajstić information content (AvgIpc) is 3.67. The van der Waals surface area contributed by atoms with Gasteiger partial charge in [-0.2, -0.15) is 0 Å². The van der Waals surface area contributed by atoms with E-state index in [1.165, 1.54) is 76.6 Å². The smallest absolute Gasteiger partial charge is 0.145 e. The van der Waals surface area contributed by atoms with E-state index in [0.717, 1.165) is 28.1 Å². The Bertz CT molecular complexity index is 2630. The monoisotopic (exact) mass is 736 g/mol. The van der Waals surface area contributed by atoms with Gasteiger partial charge in [-0.25, -0.2) is 0 Å². The third-order valence-corrected chi connectivity index (χ3v) is 14.0. The first kappa shape index (κ1) is 34.3. The second-order valence-corrected chi connectivity index (χ2v) is 17.4. The highest BCUT2D eigenvalue weighted by atomic mass is 15.1. The minimum atomic E-state index is -0.154. The van der Waals surface area contributed by atoms with E-state index >= 15 is 0 Å². The summed E-state index contributed by atoms with van der Waals surface area (Å²) in [5.74, 6) is 0.991. The Hall–Kier alpha value is -5.99. The van der Waals surface area contributed by atoms with Gasteiger partial charge < -0.3 is 5.32 Å². The number of hydrogen-bond acceptors (Lipinski definition) is 2. The Morgan fingerprint density at radius 1 is 0.561 bits per heavy atom. The molecule has 1 saturated carbocycles. The third kappa shape index (κ3) is 5.48. The summed E-state index contributed by atoms with van der Waals surface area (Å²) in [5.41, 5.74) is 19.9. The van der Waals surface area contributed by atoms with Crippen molar-refractivity contribution in [1.82, 2.24) is 5.32 Å². The van der Waals surface area contributed by atoms with E-state index in [1.54, 1.807) is 11.1 Å². The highest BCUT2D eigenvalue weighted by Crippen LogP contribution is 2.64. The molecule has 4 aliphatic carbocycles. The fourth-order valence-corrected chi connectivity index (χ4v) is 11.2. The summed E-state index contributed by atoms with van der Waals surface area (Å²) >= 11 is 0. The van der Waals surface area contributed by atoms with E-state index in [1.807, 2.05) is 0 Å². The fraction of sp³-hybridized carbons (Fsp3) is 0.218. The van der Waals surface area contributed by atoms with Gasteiger partial charge in [0, 0.05) is 22.4 Å². The van der Waals surface area contributed by atoms with Crippen LogP contribution in [0.2, 0.25) is 0 Å². The Kier molecular flexibility index (Phi) is 8.00. The summed E-state index contributed by atoms with van der Waals surface area (Å²) < 4.78 is 0. The molecule has 3 atom stereocenters. The molecule has 1 fully saturated rings. The van der Waals surface area contributed by atoms with Gasteiger partial charge >= 0.3 is 0 Å². The molecule has 6 aromatic rings. The van der Waals surface area contributed by atoms with E-state index in [0.29, 0.717) is 11.8 Å². The largest absolute Gasteiger partial charge is 0.360 e. The molecule has 1 spiro atoms. The van der Waals surface area contributed by atoms with Gasteiger partial charge in [0.05, 0.1) is 5.71 Å². The van der Waals surface area contributed by atoms with Crippen molar-refractivity contribution in [1.29, 1.82) is 0 Å². The van der Waals surface area contributed by atoms with E-state index < -0.39 is 0 Å². The first-order chi connectivity index (χ1) is 28.0. The van der Waals surface area contributed by atoms with Gasteiger partial charge in [0.1, 0.15) is 6.17 Å². The number of benzene rings is 6. The Morgan fingerprint density at radius 3 is 1.93 bits per heavy atom. The molecule has 1 heterocycles.